The molecule has 4 heteroatoms. The maximum Gasteiger partial charge on any atom is 0.335 e. The fraction of sp³-hybridized carbons (Fsp3) is 0.188. The van der Waals surface area contributed by atoms with E-state index in [4.69, 9.17) is 14.6 Å². The van der Waals surface area contributed by atoms with Crippen molar-refractivity contribution in [3.63, 3.8) is 0 Å². The minimum Gasteiger partial charge on any atom is -0.478 e. The Hall–Kier alpha value is -2.17. The van der Waals surface area contributed by atoms with Gasteiger partial charge in [0.15, 0.2) is 6.29 Å². The van der Waals surface area contributed by atoms with E-state index in [9.17, 15) is 4.79 Å². The fourth-order valence-corrected chi connectivity index (χ4v) is 2.22. The molecular formula is C16H14O4. The average Bonchev–Trinajstić information content (AvgIpc) is 3.02. The molecule has 0 bridgehead atoms. The summed E-state index contributed by atoms with van der Waals surface area (Å²) in [5, 5.41) is 8.90. The number of carbonyl (C=O) groups is 1. The molecule has 20 heavy (non-hydrogen) atoms. The van der Waals surface area contributed by atoms with Crippen LogP contribution >= 0.6 is 0 Å². The lowest BCUT2D eigenvalue weighted by Gasteiger charge is -2.11. The summed E-state index contributed by atoms with van der Waals surface area (Å²) >= 11 is 0. The summed E-state index contributed by atoms with van der Waals surface area (Å²) in [7, 11) is 0. The minimum absolute atomic E-state index is 0.285. The summed E-state index contributed by atoms with van der Waals surface area (Å²) in [4.78, 5) is 10.8. The smallest absolute Gasteiger partial charge is 0.335 e. The molecule has 0 saturated carbocycles. The van der Waals surface area contributed by atoms with Crippen LogP contribution in [0.1, 0.15) is 22.2 Å². The van der Waals surface area contributed by atoms with E-state index in [-0.39, 0.29) is 11.9 Å². The highest BCUT2D eigenvalue weighted by molar-refractivity contribution is 5.88. The van der Waals surface area contributed by atoms with Crippen molar-refractivity contribution < 1.29 is 19.4 Å². The number of carboxylic acids is 1. The molecule has 102 valence electrons. The van der Waals surface area contributed by atoms with E-state index in [0.29, 0.717) is 13.2 Å². The lowest BCUT2D eigenvalue weighted by Crippen LogP contribution is -1.98. The van der Waals surface area contributed by atoms with Crippen LogP contribution in [0, 0.1) is 0 Å². The summed E-state index contributed by atoms with van der Waals surface area (Å²) in [5.41, 5.74) is 3.24. The standard InChI is InChI=1S/C16H14O4/c17-15(18)12-6-4-11(5-7-12)13-2-1-3-14(10-13)16-19-8-9-20-16/h1-7,10,16H,8-9H2,(H,17,18). The Balaban J connectivity index is 1.89. The van der Waals surface area contributed by atoms with Gasteiger partial charge in [0.25, 0.3) is 0 Å². The van der Waals surface area contributed by atoms with Crippen LogP contribution in [-0.2, 0) is 9.47 Å². The molecule has 3 rings (SSSR count). The van der Waals surface area contributed by atoms with E-state index in [1.807, 2.05) is 24.3 Å². The molecule has 0 radical (unpaired) electrons. The number of benzene rings is 2. The second-order valence-electron chi connectivity index (χ2n) is 4.58. The maximum absolute atomic E-state index is 10.8. The summed E-state index contributed by atoms with van der Waals surface area (Å²) < 4.78 is 11.0. The number of hydrogen-bond acceptors (Lipinski definition) is 3. The largest absolute Gasteiger partial charge is 0.478 e. The Bertz CT molecular complexity index is 613. The SMILES string of the molecule is O=C(O)c1ccc(-c2cccc(C3OCCO3)c2)cc1. The van der Waals surface area contributed by atoms with Gasteiger partial charge in [0, 0.05) is 5.56 Å². The molecule has 0 amide bonds. The summed E-state index contributed by atoms with van der Waals surface area (Å²) in [5.74, 6) is -0.918. The van der Waals surface area contributed by atoms with Crippen LogP contribution < -0.4 is 0 Å². The van der Waals surface area contributed by atoms with Crippen molar-refractivity contribution >= 4 is 5.97 Å². The van der Waals surface area contributed by atoms with E-state index in [1.165, 1.54) is 0 Å². The first kappa shape index (κ1) is 12.8. The molecule has 0 aliphatic carbocycles. The van der Waals surface area contributed by atoms with Gasteiger partial charge in [-0.25, -0.2) is 4.79 Å². The van der Waals surface area contributed by atoms with Crippen molar-refractivity contribution in [2.75, 3.05) is 13.2 Å². The van der Waals surface area contributed by atoms with Crippen LogP contribution in [0.3, 0.4) is 0 Å². The Morgan fingerprint density at radius 1 is 1.00 bits per heavy atom. The van der Waals surface area contributed by atoms with Gasteiger partial charge in [0.2, 0.25) is 0 Å². The lowest BCUT2D eigenvalue weighted by molar-refractivity contribution is -0.0440. The van der Waals surface area contributed by atoms with Crippen LogP contribution in [0.4, 0.5) is 0 Å². The zero-order valence-electron chi connectivity index (χ0n) is 10.8. The molecule has 1 N–H and O–H groups in total. The van der Waals surface area contributed by atoms with Crippen molar-refractivity contribution in [1.29, 1.82) is 0 Å². The van der Waals surface area contributed by atoms with Gasteiger partial charge < -0.3 is 14.6 Å². The van der Waals surface area contributed by atoms with Gasteiger partial charge in [-0.1, -0.05) is 30.3 Å². The number of ether oxygens (including phenoxy) is 2. The average molecular weight is 270 g/mol. The molecule has 2 aromatic rings. The van der Waals surface area contributed by atoms with Crippen molar-refractivity contribution in [1.82, 2.24) is 0 Å². The second-order valence-corrected chi connectivity index (χ2v) is 4.58. The molecule has 1 fully saturated rings. The molecule has 0 aromatic heterocycles. The van der Waals surface area contributed by atoms with Gasteiger partial charge in [0.05, 0.1) is 18.8 Å². The predicted octanol–water partition coefficient (Wildman–Crippen LogP) is 3.10. The molecule has 1 heterocycles. The van der Waals surface area contributed by atoms with Crippen LogP contribution in [0.5, 0.6) is 0 Å². The van der Waals surface area contributed by atoms with Gasteiger partial charge in [-0.3, -0.25) is 0 Å². The van der Waals surface area contributed by atoms with Gasteiger partial charge in [0.1, 0.15) is 0 Å². The highest BCUT2D eigenvalue weighted by Gasteiger charge is 2.18. The first-order chi connectivity index (χ1) is 9.74. The first-order valence-corrected chi connectivity index (χ1v) is 6.41. The van der Waals surface area contributed by atoms with Crippen molar-refractivity contribution in [3.05, 3.63) is 59.7 Å². The van der Waals surface area contributed by atoms with Gasteiger partial charge in [-0.2, -0.15) is 0 Å². The Morgan fingerprint density at radius 2 is 1.70 bits per heavy atom. The zero-order chi connectivity index (χ0) is 13.9. The first-order valence-electron chi connectivity index (χ1n) is 6.41. The highest BCUT2D eigenvalue weighted by Crippen LogP contribution is 2.28. The van der Waals surface area contributed by atoms with Crippen molar-refractivity contribution in [3.8, 4) is 11.1 Å². The van der Waals surface area contributed by atoms with Crippen molar-refractivity contribution in [2.45, 2.75) is 6.29 Å². The van der Waals surface area contributed by atoms with E-state index >= 15 is 0 Å². The number of carboxylic acid groups (broad SMARTS) is 1. The van der Waals surface area contributed by atoms with Crippen LogP contribution in [-0.4, -0.2) is 24.3 Å². The molecular weight excluding hydrogens is 256 g/mol. The zero-order valence-corrected chi connectivity index (χ0v) is 10.8. The van der Waals surface area contributed by atoms with Crippen LogP contribution in [0.25, 0.3) is 11.1 Å². The molecule has 2 aromatic carbocycles. The van der Waals surface area contributed by atoms with Crippen LogP contribution in [0.2, 0.25) is 0 Å². The predicted molar refractivity (Wildman–Crippen MR) is 73.5 cm³/mol. The number of rotatable bonds is 3. The topological polar surface area (TPSA) is 55.8 Å². The number of aromatic carboxylic acids is 1. The third-order valence-electron chi connectivity index (χ3n) is 3.25. The minimum atomic E-state index is -0.918. The summed E-state index contributed by atoms with van der Waals surface area (Å²) in [6, 6.07) is 14.7. The molecule has 0 unspecified atom stereocenters. The molecule has 0 atom stereocenters. The molecule has 1 aliphatic heterocycles. The highest BCUT2D eigenvalue weighted by atomic mass is 16.7. The third kappa shape index (κ3) is 2.57. The normalized spacial score (nSPS) is 15.4. The summed E-state index contributed by atoms with van der Waals surface area (Å²) in [6.45, 7) is 1.23. The molecule has 4 nitrogen and oxygen atoms in total. The van der Waals surface area contributed by atoms with Gasteiger partial charge >= 0.3 is 5.97 Å². The van der Waals surface area contributed by atoms with Crippen LogP contribution in [0.15, 0.2) is 48.5 Å². The summed E-state index contributed by atoms with van der Waals surface area (Å²) in [6.07, 6.45) is -0.298. The van der Waals surface area contributed by atoms with E-state index in [1.54, 1.807) is 24.3 Å². The van der Waals surface area contributed by atoms with E-state index in [2.05, 4.69) is 0 Å². The van der Waals surface area contributed by atoms with E-state index in [0.717, 1.165) is 16.7 Å². The molecule has 0 spiro atoms. The Morgan fingerprint density at radius 3 is 2.35 bits per heavy atom. The van der Waals surface area contributed by atoms with Gasteiger partial charge in [-0.05, 0) is 29.3 Å². The van der Waals surface area contributed by atoms with E-state index < -0.39 is 5.97 Å². The van der Waals surface area contributed by atoms with Gasteiger partial charge in [-0.15, -0.1) is 0 Å². The maximum atomic E-state index is 10.8. The molecule has 1 saturated heterocycles. The fourth-order valence-electron chi connectivity index (χ4n) is 2.22. The van der Waals surface area contributed by atoms with Crippen molar-refractivity contribution in [2.24, 2.45) is 0 Å². The Kier molecular flexibility index (Phi) is 3.50. The third-order valence-corrected chi connectivity index (χ3v) is 3.25. The Labute approximate surface area is 116 Å². The second kappa shape index (κ2) is 5.45. The molecule has 1 aliphatic rings. The number of hydrogen-bond donors (Lipinski definition) is 1. The lowest BCUT2D eigenvalue weighted by atomic mass is 10.0. The quantitative estimate of drug-likeness (QED) is 0.931. The monoisotopic (exact) mass is 270 g/mol.